The molecule has 3 nitrogen and oxygen atoms in total. The third kappa shape index (κ3) is 3.91. The lowest BCUT2D eigenvalue weighted by atomic mass is 9.59. The number of carbonyl (C=O) groups excluding carboxylic acids is 1. The average molecular weight is 520 g/mol. The number of carbonyl (C=O) groups is 1. The highest BCUT2D eigenvalue weighted by Crippen LogP contribution is 2.92. The second-order valence-electron chi connectivity index (χ2n) is 15.3. The maximum Gasteiger partial charge on any atom is 0.411 e. The molecule has 38 heavy (non-hydrogen) atoms. The van der Waals surface area contributed by atoms with Crippen LogP contribution in [-0.4, -0.2) is 12.7 Å². The first-order valence-corrected chi connectivity index (χ1v) is 16.2. The van der Waals surface area contributed by atoms with Gasteiger partial charge in [0.25, 0.3) is 0 Å². The zero-order valence-corrected chi connectivity index (χ0v) is 24.9. The molecule has 6 unspecified atom stereocenters. The van der Waals surface area contributed by atoms with Crippen LogP contribution in [0, 0.1) is 45.8 Å². The van der Waals surface area contributed by atoms with Crippen LogP contribution in [0.1, 0.15) is 124 Å². The van der Waals surface area contributed by atoms with E-state index in [1.54, 1.807) is 19.3 Å². The monoisotopic (exact) mass is 519 g/mol. The molecular formula is C35H53NO2. The smallest absolute Gasteiger partial charge is 0.411 e. The van der Waals surface area contributed by atoms with Crippen molar-refractivity contribution in [1.82, 2.24) is 0 Å². The zero-order valence-electron chi connectivity index (χ0n) is 24.9. The van der Waals surface area contributed by atoms with Crippen molar-refractivity contribution in [1.29, 1.82) is 0 Å². The number of fused-ring (bicyclic) bond motifs is 1. The minimum Gasteiger partial charge on any atom is -0.449 e. The second kappa shape index (κ2) is 9.55. The number of amides is 1. The van der Waals surface area contributed by atoms with Gasteiger partial charge in [0.1, 0.15) is 0 Å². The number of anilines is 1. The summed E-state index contributed by atoms with van der Waals surface area (Å²) in [6, 6.07) is 8.12. The minimum atomic E-state index is -0.327. The molecule has 0 radical (unpaired) electrons. The quantitative estimate of drug-likeness (QED) is 0.364. The van der Waals surface area contributed by atoms with Crippen LogP contribution in [0.3, 0.4) is 0 Å². The van der Waals surface area contributed by atoms with E-state index in [9.17, 15) is 4.79 Å². The normalized spacial score (nSPS) is 41.0. The number of rotatable bonds is 7. The molecule has 3 heteroatoms. The van der Waals surface area contributed by atoms with Crippen LogP contribution >= 0.6 is 0 Å². The van der Waals surface area contributed by atoms with Crippen molar-refractivity contribution in [2.45, 2.75) is 124 Å². The van der Waals surface area contributed by atoms with Crippen molar-refractivity contribution in [3.8, 4) is 0 Å². The van der Waals surface area contributed by atoms with Crippen molar-refractivity contribution in [2.75, 3.05) is 11.9 Å². The lowest BCUT2D eigenvalue weighted by molar-refractivity contribution is 0.0269. The fraction of sp³-hybridized carbons (Fsp3) is 0.800. The Morgan fingerprint density at radius 1 is 0.974 bits per heavy atom. The Kier molecular flexibility index (Phi) is 6.71. The van der Waals surface area contributed by atoms with Gasteiger partial charge in [0.05, 0.1) is 6.61 Å². The molecule has 5 aliphatic carbocycles. The van der Waals surface area contributed by atoms with Crippen molar-refractivity contribution < 1.29 is 9.53 Å². The Hall–Kier alpha value is -1.51. The summed E-state index contributed by atoms with van der Waals surface area (Å²) < 4.78 is 5.55. The predicted molar refractivity (Wildman–Crippen MR) is 156 cm³/mol. The van der Waals surface area contributed by atoms with Gasteiger partial charge < -0.3 is 4.74 Å². The van der Waals surface area contributed by atoms with Gasteiger partial charge in [0, 0.05) is 5.69 Å². The van der Waals surface area contributed by atoms with E-state index in [1.807, 2.05) is 12.1 Å². The molecule has 5 fully saturated rings. The predicted octanol–water partition coefficient (Wildman–Crippen LogP) is 9.75. The van der Waals surface area contributed by atoms with Gasteiger partial charge in [0.15, 0.2) is 0 Å². The lowest BCUT2D eigenvalue weighted by Crippen LogP contribution is -2.39. The zero-order chi connectivity index (χ0) is 26.8. The molecule has 5 saturated carbocycles. The molecule has 210 valence electrons. The Bertz CT molecular complexity index is 1030. The van der Waals surface area contributed by atoms with Crippen LogP contribution in [0.2, 0.25) is 0 Å². The van der Waals surface area contributed by atoms with E-state index in [2.05, 4.69) is 52.1 Å². The van der Waals surface area contributed by atoms with Crippen LogP contribution in [0.4, 0.5) is 10.5 Å². The maximum atomic E-state index is 12.3. The summed E-state index contributed by atoms with van der Waals surface area (Å²) in [4.78, 5) is 12.3. The van der Waals surface area contributed by atoms with Gasteiger partial charge in [-0.3, -0.25) is 5.32 Å². The van der Waals surface area contributed by atoms with E-state index in [1.165, 1.54) is 63.4 Å². The lowest BCUT2D eigenvalue weighted by Gasteiger charge is -2.46. The number of benzene rings is 1. The fourth-order valence-electron chi connectivity index (χ4n) is 11.5. The van der Waals surface area contributed by atoms with Gasteiger partial charge in [-0.15, -0.1) is 0 Å². The van der Waals surface area contributed by atoms with E-state index in [0.717, 1.165) is 52.5 Å². The van der Waals surface area contributed by atoms with Gasteiger partial charge in [-0.2, -0.15) is 0 Å². The van der Waals surface area contributed by atoms with Crippen LogP contribution in [-0.2, 0) is 10.2 Å². The molecular weight excluding hydrogens is 466 g/mol. The SMILES string of the molecule is CC[C@H]1CC23C4CCC(CCCCOC(=O)Nc5ccc(C(C)(C)C)cc5)C4(C)CC[C@@H]2C32CCCCC12. The molecule has 1 N–H and O–H groups in total. The largest absolute Gasteiger partial charge is 0.449 e. The summed E-state index contributed by atoms with van der Waals surface area (Å²) in [5, 5.41) is 2.90. The molecule has 0 saturated heterocycles. The Balaban J connectivity index is 0.991. The van der Waals surface area contributed by atoms with Crippen LogP contribution in [0.25, 0.3) is 0 Å². The second-order valence-corrected chi connectivity index (χ2v) is 15.3. The highest BCUT2D eigenvalue weighted by Gasteiger charge is 2.86. The molecule has 0 heterocycles. The summed E-state index contributed by atoms with van der Waals surface area (Å²) >= 11 is 0. The summed E-state index contributed by atoms with van der Waals surface area (Å²) in [6.07, 6.45) is 18.2. The van der Waals surface area contributed by atoms with Crippen LogP contribution < -0.4 is 5.32 Å². The average Bonchev–Trinajstić information content (AvgIpc) is 3.12. The number of ether oxygens (including phenoxy) is 1. The van der Waals surface area contributed by atoms with Crippen LogP contribution in [0.15, 0.2) is 24.3 Å². The van der Waals surface area contributed by atoms with Gasteiger partial charge >= 0.3 is 6.09 Å². The number of unbranched alkanes of at least 4 members (excludes halogenated alkanes) is 1. The Morgan fingerprint density at radius 2 is 1.76 bits per heavy atom. The van der Waals surface area contributed by atoms with E-state index in [-0.39, 0.29) is 11.5 Å². The molecule has 0 aromatic heterocycles. The highest BCUT2D eigenvalue weighted by molar-refractivity contribution is 5.84. The van der Waals surface area contributed by atoms with E-state index in [4.69, 9.17) is 4.74 Å². The summed E-state index contributed by atoms with van der Waals surface area (Å²) in [5.74, 6) is 5.03. The number of hydrogen-bond acceptors (Lipinski definition) is 2. The molecule has 1 aromatic carbocycles. The van der Waals surface area contributed by atoms with E-state index >= 15 is 0 Å². The first-order chi connectivity index (χ1) is 18.2. The highest BCUT2D eigenvalue weighted by atomic mass is 16.5. The topological polar surface area (TPSA) is 38.3 Å². The summed E-state index contributed by atoms with van der Waals surface area (Å²) in [6.45, 7) is 12.3. The van der Waals surface area contributed by atoms with Gasteiger partial charge in [-0.05, 0) is 133 Å². The molecule has 0 aliphatic heterocycles. The van der Waals surface area contributed by atoms with Crippen LogP contribution in [0.5, 0.6) is 0 Å². The third-order valence-electron chi connectivity index (χ3n) is 13.0. The standard InChI is InChI=1S/C35H53NO2/c1-6-24-23-35-29-18-15-26(33(29,5)21-19-30(35)34(35)20-9-7-12-28(24)34)11-8-10-22-38-31(37)36-27-16-13-25(14-17-27)32(2,3)4/h13-14,16-17,24,26,28-30H,6-12,15,18-23H2,1-5H3,(H,36,37)/t24-,26?,28?,29?,30+,33?,34?,35?/m0/s1. The molecule has 8 atom stereocenters. The molecule has 0 bridgehead atoms. The minimum absolute atomic E-state index is 0.113. The summed E-state index contributed by atoms with van der Waals surface area (Å²) in [5.41, 5.74) is 4.23. The maximum absolute atomic E-state index is 12.3. The molecule has 6 rings (SSSR count). The Morgan fingerprint density at radius 3 is 2.50 bits per heavy atom. The van der Waals surface area contributed by atoms with Crippen molar-refractivity contribution in [3.05, 3.63) is 29.8 Å². The first-order valence-electron chi connectivity index (χ1n) is 16.2. The van der Waals surface area contributed by atoms with Crippen molar-refractivity contribution in [3.63, 3.8) is 0 Å². The molecule has 5 aliphatic rings. The number of hydrogen-bond donors (Lipinski definition) is 1. The Labute approximate surface area is 232 Å². The molecule has 1 aromatic rings. The van der Waals surface area contributed by atoms with Gasteiger partial charge in [-0.25, -0.2) is 4.79 Å². The van der Waals surface area contributed by atoms with Crippen molar-refractivity contribution >= 4 is 11.8 Å². The molecule has 2 spiro atoms. The fourth-order valence-corrected chi connectivity index (χ4v) is 11.5. The molecule has 1 amide bonds. The van der Waals surface area contributed by atoms with E-state index in [0.29, 0.717) is 12.0 Å². The van der Waals surface area contributed by atoms with Crippen molar-refractivity contribution in [2.24, 2.45) is 45.8 Å². The van der Waals surface area contributed by atoms with Gasteiger partial charge in [-0.1, -0.05) is 66.0 Å². The third-order valence-corrected chi connectivity index (χ3v) is 13.0. The summed E-state index contributed by atoms with van der Waals surface area (Å²) in [7, 11) is 0. The van der Waals surface area contributed by atoms with E-state index < -0.39 is 0 Å². The number of nitrogens with one attached hydrogen (secondary N) is 1. The van der Waals surface area contributed by atoms with Gasteiger partial charge in [0.2, 0.25) is 0 Å². The first kappa shape index (κ1) is 26.7.